The molecule has 1 saturated carbocycles. The van der Waals surface area contributed by atoms with Crippen LogP contribution in [0.15, 0.2) is 30.3 Å². The highest BCUT2D eigenvalue weighted by Gasteiger charge is 2.29. The number of carbonyl (C=O) groups excluding carboxylic acids is 2. The second-order valence-corrected chi connectivity index (χ2v) is 4.79. The number of carbonyl (C=O) groups is 2. The summed E-state index contributed by atoms with van der Waals surface area (Å²) in [7, 11) is 0. The third-order valence-corrected chi connectivity index (χ3v) is 3.15. The summed E-state index contributed by atoms with van der Waals surface area (Å²) in [6.45, 7) is 0.686. The topological polar surface area (TPSA) is 81.7 Å². The van der Waals surface area contributed by atoms with Gasteiger partial charge in [0.15, 0.2) is 0 Å². The number of hydrogen-bond donors (Lipinski definition) is 3. The Bertz CT molecular complexity index is 460. The maximum absolute atomic E-state index is 11.7. The zero-order valence-electron chi connectivity index (χ0n) is 11.2. The van der Waals surface area contributed by atoms with E-state index in [9.17, 15) is 9.59 Å². The van der Waals surface area contributed by atoms with E-state index in [1.54, 1.807) is 24.3 Å². The Labute approximate surface area is 117 Å². The first-order chi connectivity index (χ1) is 9.70. The first kappa shape index (κ1) is 14.5. The monoisotopic (exact) mass is 277 g/mol. The van der Waals surface area contributed by atoms with Crippen molar-refractivity contribution < 1.29 is 14.7 Å². The molecule has 20 heavy (non-hydrogen) atoms. The van der Waals surface area contributed by atoms with Crippen LogP contribution >= 0.6 is 0 Å². The van der Waals surface area contributed by atoms with E-state index in [1.165, 1.54) is 0 Å². The summed E-state index contributed by atoms with van der Waals surface area (Å²) < 4.78 is 0. The van der Waals surface area contributed by atoms with Crippen LogP contribution in [0.5, 0.6) is 0 Å². The van der Waals surface area contributed by atoms with Crippen molar-refractivity contribution >= 4 is 11.8 Å². The Morgan fingerprint density at radius 3 is 2.50 bits per heavy atom. The normalized spacial score (nSPS) is 14.1. The maximum Gasteiger partial charge on any atom is 0.269 e. The molecule has 0 spiro atoms. The molecule has 0 aliphatic heterocycles. The van der Waals surface area contributed by atoms with Gasteiger partial charge in [-0.3, -0.25) is 25.3 Å². The average molecular weight is 277 g/mol. The molecule has 2 amide bonds. The van der Waals surface area contributed by atoms with E-state index in [1.807, 2.05) is 11.0 Å². The predicted octanol–water partition coefficient (Wildman–Crippen LogP) is -0.0957. The molecule has 3 N–H and O–H groups in total. The first-order valence-corrected chi connectivity index (χ1v) is 6.70. The highest BCUT2D eigenvalue weighted by molar-refractivity contribution is 5.95. The van der Waals surface area contributed by atoms with Crippen LogP contribution in [-0.4, -0.2) is 47.6 Å². The summed E-state index contributed by atoms with van der Waals surface area (Å²) >= 11 is 0. The lowest BCUT2D eigenvalue weighted by atomic mass is 10.2. The van der Waals surface area contributed by atoms with Crippen LogP contribution in [0.2, 0.25) is 0 Å². The van der Waals surface area contributed by atoms with Crippen LogP contribution in [0.3, 0.4) is 0 Å². The number of rotatable bonds is 6. The molecule has 0 saturated heterocycles. The fourth-order valence-electron chi connectivity index (χ4n) is 1.97. The Morgan fingerprint density at radius 1 is 1.20 bits per heavy atom. The van der Waals surface area contributed by atoms with Gasteiger partial charge in [-0.1, -0.05) is 18.2 Å². The van der Waals surface area contributed by atoms with Gasteiger partial charge < -0.3 is 5.11 Å². The summed E-state index contributed by atoms with van der Waals surface area (Å²) in [4.78, 5) is 25.4. The molecule has 0 heterocycles. The second-order valence-electron chi connectivity index (χ2n) is 4.79. The van der Waals surface area contributed by atoms with Crippen LogP contribution in [0, 0.1) is 0 Å². The Balaban J connectivity index is 1.75. The van der Waals surface area contributed by atoms with Crippen LogP contribution in [0.4, 0.5) is 0 Å². The van der Waals surface area contributed by atoms with E-state index in [-0.39, 0.29) is 25.0 Å². The number of nitrogens with one attached hydrogen (secondary N) is 2. The van der Waals surface area contributed by atoms with E-state index in [0.29, 0.717) is 18.2 Å². The second kappa shape index (κ2) is 7.02. The minimum Gasteiger partial charge on any atom is -0.395 e. The molecule has 1 aromatic rings. The van der Waals surface area contributed by atoms with Crippen molar-refractivity contribution in [2.45, 2.75) is 18.9 Å². The molecule has 6 heteroatoms. The maximum atomic E-state index is 11.7. The van der Waals surface area contributed by atoms with Crippen molar-refractivity contribution in [2.75, 3.05) is 19.7 Å². The third kappa shape index (κ3) is 4.32. The molecular weight excluding hydrogens is 258 g/mol. The molecule has 0 unspecified atom stereocenters. The molecule has 1 aliphatic carbocycles. The summed E-state index contributed by atoms with van der Waals surface area (Å²) in [5.41, 5.74) is 5.26. The Hall–Kier alpha value is -1.92. The Kier molecular flexibility index (Phi) is 5.09. The molecule has 2 rings (SSSR count). The van der Waals surface area contributed by atoms with E-state index in [2.05, 4.69) is 10.9 Å². The quantitative estimate of drug-likeness (QED) is 0.634. The SMILES string of the molecule is O=C(CN(CCO)C1CC1)NNC(=O)c1ccccc1. The van der Waals surface area contributed by atoms with Gasteiger partial charge in [-0.05, 0) is 25.0 Å². The molecule has 1 aromatic carbocycles. The minimum atomic E-state index is -0.348. The minimum absolute atomic E-state index is 0.0279. The first-order valence-electron chi connectivity index (χ1n) is 6.70. The van der Waals surface area contributed by atoms with Crippen molar-refractivity contribution in [3.05, 3.63) is 35.9 Å². The number of aliphatic hydroxyl groups excluding tert-OH is 1. The summed E-state index contributed by atoms with van der Waals surface area (Å²) in [5, 5.41) is 8.95. The molecule has 1 aliphatic rings. The third-order valence-electron chi connectivity index (χ3n) is 3.15. The summed E-state index contributed by atoms with van der Waals surface area (Å²) in [6.07, 6.45) is 2.12. The number of nitrogens with zero attached hydrogens (tertiary/aromatic N) is 1. The van der Waals surface area contributed by atoms with Crippen molar-refractivity contribution in [2.24, 2.45) is 0 Å². The van der Waals surface area contributed by atoms with E-state index >= 15 is 0 Å². The molecule has 1 fully saturated rings. The van der Waals surface area contributed by atoms with Gasteiger partial charge in [-0.15, -0.1) is 0 Å². The van der Waals surface area contributed by atoms with Crippen LogP contribution in [0.1, 0.15) is 23.2 Å². The van der Waals surface area contributed by atoms with Gasteiger partial charge in [-0.2, -0.15) is 0 Å². The molecular formula is C14H19N3O3. The van der Waals surface area contributed by atoms with Gasteiger partial charge in [0, 0.05) is 18.2 Å². The van der Waals surface area contributed by atoms with Gasteiger partial charge >= 0.3 is 0 Å². The van der Waals surface area contributed by atoms with E-state index in [0.717, 1.165) is 12.8 Å². The summed E-state index contributed by atoms with van der Waals surface area (Å²) in [6, 6.07) is 9.06. The fraction of sp³-hybridized carbons (Fsp3) is 0.429. The molecule has 6 nitrogen and oxygen atoms in total. The average Bonchev–Trinajstić information content (AvgIpc) is 3.30. The molecule has 0 bridgehead atoms. The van der Waals surface area contributed by atoms with Crippen LogP contribution in [0.25, 0.3) is 0 Å². The summed E-state index contributed by atoms with van der Waals surface area (Å²) in [5.74, 6) is -0.631. The van der Waals surface area contributed by atoms with Crippen molar-refractivity contribution in [3.8, 4) is 0 Å². The van der Waals surface area contributed by atoms with Crippen molar-refractivity contribution in [3.63, 3.8) is 0 Å². The van der Waals surface area contributed by atoms with Gasteiger partial charge in [0.1, 0.15) is 0 Å². The number of aliphatic hydroxyl groups is 1. The van der Waals surface area contributed by atoms with E-state index < -0.39 is 0 Å². The van der Waals surface area contributed by atoms with Crippen molar-refractivity contribution in [1.82, 2.24) is 15.8 Å². The van der Waals surface area contributed by atoms with Gasteiger partial charge in [0.25, 0.3) is 11.8 Å². The number of hydrazine groups is 1. The zero-order valence-corrected chi connectivity index (χ0v) is 11.2. The highest BCUT2D eigenvalue weighted by atomic mass is 16.3. The van der Waals surface area contributed by atoms with Crippen LogP contribution in [-0.2, 0) is 4.79 Å². The largest absolute Gasteiger partial charge is 0.395 e. The smallest absolute Gasteiger partial charge is 0.269 e. The lowest BCUT2D eigenvalue weighted by molar-refractivity contribution is -0.123. The molecule has 0 atom stereocenters. The van der Waals surface area contributed by atoms with E-state index in [4.69, 9.17) is 5.11 Å². The zero-order chi connectivity index (χ0) is 14.4. The lowest BCUT2D eigenvalue weighted by Gasteiger charge is -2.20. The fourth-order valence-corrected chi connectivity index (χ4v) is 1.97. The highest BCUT2D eigenvalue weighted by Crippen LogP contribution is 2.25. The number of amides is 2. The Morgan fingerprint density at radius 2 is 1.90 bits per heavy atom. The molecule has 0 aromatic heterocycles. The van der Waals surface area contributed by atoms with Crippen LogP contribution < -0.4 is 10.9 Å². The van der Waals surface area contributed by atoms with Gasteiger partial charge in [0.05, 0.1) is 13.2 Å². The van der Waals surface area contributed by atoms with Crippen molar-refractivity contribution in [1.29, 1.82) is 0 Å². The van der Waals surface area contributed by atoms with Gasteiger partial charge in [-0.25, -0.2) is 0 Å². The molecule has 108 valence electrons. The number of benzene rings is 1. The molecule has 0 radical (unpaired) electrons. The van der Waals surface area contributed by atoms with Gasteiger partial charge in [0.2, 0.25) is 0 Å². The predicted molar refractivity (Wildman–Crippen MR) is 73.7 cm³/mol. The lowest BCUT2D eigenvalue weighted by Crippen LogP contribution is -2.47. The standard InChI is InChI=1S/C14H19N3O3/c18-9-8-17(12-6-7-12)10-13(19)15-16-14(20)11-4-2-1-3-5-11/h1-5,12,18H,6-10H2,(H,15,19)(H,16,20). The number of hydrogen-bond acceptors (Lipinski definition) is 4.